The topological polar surface area (TPSA) is 40.6 Å². The van der Waals surface area contributed by atoms with Gasteiger partial charge in [0.25, 0.3) is 10.2 Å². The van der Waals surface area contributed by atoms with Crippen molar-refractivity contribution in [1.29, 1.82) is 0 Å². The molecule has 0 radical (unpaired) electrons. The highest BCUT2D eigenvalue weighted by molar-refractivity contribution is 7.86. The lowest BCUT2D eigenvalue weighted by Gasteiger charge is -2.38. The molecule has 4 nitrogen and oxygen atoms in total. The van der Waals surface area contributed by atoms with Crippen molar-refractivity contribution in [2.24, 2.45) is 0 Å². The van der Waals surface area contributed by atoms with E-state index in [0.717, 1.165) is 44.9 Å². The van der Waals surface area contributed by atoms with Gasteiger partial charge in [0.2, 0.25) is 0 Å². The maximum absolute atomic E-state index is 12.7. The Balaban J connectivity index is 2.09. The van der Waals surface area contributed by atoms with Gasteiger partial charge >= 0.3 is 0 Å². The zero-order valence-electron chi connectivity index (χ0n) is 10.9. The minimum atomic E-state index is -3.29. The zero-order chi connectivity index (χ0) is 13.0. The lowest BCUT2D eigenvalue weighted by Crippen LogP contribution is -2.51. The highest BCUT2D eigenvalue weighted by atomic mass is 35.5. The largest absolute Gasteiger partial charge is 0.282 e. The Morgan fingerprint density at radius 1 is 1.06 bits per heavy atom. The summed E-state index contributed by atoms with van der Waals surface area (Å²) < 4.78 is 28.6. The summed E-state index contributed by atoms with van der Waals surface area (Å²) in [7, 11) is -3.29. The predicted octanol–water partition coefficient (Wildman–Crippen LogP) is 2.20. The molecule has 2 rings (SSSR count). The van der Waals surface area contributed by atoms with Crippen molar-refractivity contribution in [3.05, 3.63) is 0 Å². The van der Waals surface area contributed by atoms with Gasteiger partial charge in [-0.1, -0.05) is 19.3 Å². The minimum Gasteiger partial charge on any atom is -0.195 e. The predicted molar refractivity (Wildman–Crippen MR) is 74.0 cm³/mol. The molecule has 2 fully saturated rings. The molecule has 0 spiro atoms. The first-order valence-electron chi connectivity index (χ1n) is 6.99. The van der Waals surface area contributed by atoms with Crippen LogP contribution in [0.25, 0.3) is 0 Å². The van der Waals surface area contributed by atoms with E-state index in [1.807, 2.05) is 0 Å². The second-order valence-corrected chi connectivity index (χ2v) is 7.46. The van der Waals surface area contributed by atoms with Crippen LogP contribution in [0.5, 0.6) is 0 Å². The van der Waals surface area contributed by atoms with Crippen molar-refractivity contribution >= 4 is 21.8 Å². The molecule has 1 aliphatic heterocycles. The molecule has 2 aliphatic rings. The fourth-order valence-electron chi connectivity index (χ4n) is 2.67. The van der Waals surface area contributed by atoms with Gasteiger partial charge in [-0.15, -0.1) is 11.6 Å². The Morgan fingerprint density at radius 3 is 2.11 bits per heavy atom. The van der Waals surface area contributed by atoms with Crippen LogP contribution in [-0.2, 0) is 10.2 Å². The molecule has 0 unspecified atom stereocenters. The lowest BCUT2D eigenvalue weighted by molar-refractivity contribution is 0.211. The van der Waals surface area contributed by atoms with Crippen LogP contribution < -0.4 is 0 Å². The number of hydrogen-bond donors (Lipinski definition) is 0. The third kappa shape index (κ3) is 3.18. The molecule has 0 atom stereocenters. The van der Waals surface area contributed by atoms with Gasteiger partial charge in [0.1, 0.15) is 0 Å². The van der Waals surface area contributed by atoms with Crippen LogP contribution in [0.3, 0.4) is 0 Å². The molecule has 1 saturated carbocycles. The molecule has 1 aliphatic carbocycles. The summed E-state index contributed by atoms with van der Waals surface area (Å²) >= 11 is 5.77. The minimum absolute atomic E-state index is 0.192. The van der Waals surface area contributed by atoms with Gasteiger partial charge in [-0.2, -0.15) is 17.0 Å². The maximum Gasteiger partial charge on any atom is 0.282 e. The van der Waals surface area contributed by atoms with Crippen LogP contribution in [0.1, 0.15) is 44.9 Å². The Labute approximate surface area is 115 Å². The summed E-state index contributed by atoms with van der Waals surface area (Å²) in [6.07, 6.45) is 7.38. The molecule has 0 bridgehead atoms. The molecule has 6 heteroatoms. The number of nitrogens with zero attached hydrogens (tertiary/aromatic N) is 2. The van der Waals surface area contributed by atoms with E-state index in [2.05, 4.69) is 0 Å². The van der Waals surface area contributed by atoms with E-state index in [4.69, 9.17) is 11.6 Å². The molecule has 0 aromatic carbocycles. The van der Waals surface area contributed by atoms with Crippen molar-refractivity contribution in [2.75, 3.05) is 25.5 Å². The molecular weight excluding hydrogens is 272 g/mol. The molecule has 0 aromatic rings. The van der Waals surface area contributed by atoms with Gasteiger partial charge in [0.15, 0.2) is 0 Å². The van der Waals surface area contributed by atoms with Crippen LogP contribution in [0.2, 0.25) is 0 Å². The first kappa shape index (κ1) is 14.6. The van der Waals surface area contributed by atoms with E-state index >= 15 is 0 Å². The number of hydrogen-bond acceptors (Lipinski definition) is 2. The van der Waals surface area contributed by atoms with Crippen LogP contribution in [0.4, 0.5) is 0 Å². The van der Waals surface area contributed by atoms with Crippen LogP contribution in [0, 0.1) is 0 Å². The van der Waals surface area contributed by atoms with Gasteiger partial charge in [0.05, 0.1) is 0 Å². The quantitative estimate of drug-likeness (QED) is 0.729. The summed E-state index contributed by atoms with van der Waals surface area (Å²) in [5.74, 6) is 0.379. The first-order chi connectivity index (χ1) is 8.66. The van der Waals surface area contributed by atoms with Gasteiger partial charge in [-0.3, -0.25) is 0 Å². The van der Waals surface area contributed by atoms with E-state index in [1.165, 1.54) is 0 Å². The molecule has 0 amide bonds. The number of rotatable bonds is 5. The van der Waals surface area contributed by atoms with E-state index in [1.54, 1.807) is 8.61 Å². The molecular formula is C12H23ClN2O2S. The third-order valence-corrected chi connectivity index (χ3v) is 6.23. The molecule has 1 saturated heterocycles. The first-order valence-corrected chi connectivity index (χ1v) is 8.92. The van der Waals surface area contributed by atoms with Gasteiger partial charge < -0.3 is 0 Å². The molecule has 106 valence electrons. The lowest BCUT2D eigenvalue weighted by atomic mass is 9.93. The monoisotopic (exact) mass is 294 g/mol. The summed E-state index contributed by atoms with van der Waals surface area (Å²) in [6.45, 7) is 1.80. The van der Waals surface area contributed by atoms with Gasteiger partial charge in [0, 0.05) is 31.6 Å². The fraction of sp³-hybridized carbons (Fsp3) is 1.00. The third-order valence-electron chi connectivity index (χ3n) is 3.97. The summed E-state index contributed by atoms with van der Waals surface area (Å²) in [5.41, 5.74) is 0. The van der Waals surface area contributed by atoms with Crippen molar-refractivity contribution in [3.63, 3.8) is 0 Å². The smallest absolute Gasteiger partial charge is 0.195 e. The molecule has 1 heterocycles. The number of alkyl halides is 1. The van der Waals surface area contributed by atoms with Crippen molar-refractivity contribution in [1.82, 2.24) is 8.61 Å². The Bertz CT molecular complexity index is 349. The van der Waals surface area contributed by atoms with Crippen LogP contribution >= 0.6 is 11.6 Å². The Morgan fingerprint density at radius 2 is 1.67 bits per heavy atom. The van der Waals surface area contributed by atoms with E-state index in [0.29, 0.717) is 25.5 Å². The van der Waals surface area contributed by atoms with Crippen LogP contribution in [0.15, 0.2) is 0 Å². The molecule has 0 N–H and O–H groups in total. The SMILES string of the molecule is O=S(=O)(N1CCCCCC1)N(CCCl)C1CCC1. The molecule has 18 heavy (non-hydrogen) atoms. The highest BCUT2D eigenvalue weighted by Gasteiger charge is 2.37. The van der Waals surface area contributed by atoms with Crippen LogP contribution in [-0.4, -0.2) is 48.6 Å². The van der Waals surface area contributed by atoms with Crippen molar-refractivity contribution in [3.8, 4) is 0 Å². The second-order valence-electron chi connectivity index (χ2n) is 5.21. The Hall–Kier alpha value is 0.160. The standard InChI is InChI=1S/C12H23ClN2O2S/c13-8-11-15(12-6-5-7-12)18(16,17)14-9-3-1-2-4-10-14/h12H,1-11H2. The van der Waals surface area contributed by atoms with E-state index in [-0.39, 0.29) is 6.04 Å². The van der Waals surface area contributed by atoms with Gasteiger partial charge in [-0.05, 0) is 25.7 Å². The van der Waals surface area contributed by atoms with Crippen molar-refractivity contribution in [2.45, 2.75) is 51.0 Å². The maximum atomic E-state index is 12.7. The van der Waals surface area contributed by atoms with E-state index in [9.17, 15) is 8.42 Å². The number of halogens is 1. The summed E-state index contributed by atoms with van der Waals surface area (Å²) in [4.78, 5) is 0. The van der Waals surface area contributed by atoms with Gasteiger partial charge in [-0.25, -0.2) is 0 Å². The fourth-order valence-corrected chi connectivity index (χ4v) is 4.87. The average Bonchev–Trinajstić information content (AvgIpc) is 2.54. The second kappa shape index (κ2) is 6.55. The zero-order valence-corrected chi connectivity index (χ0v) is 12.4. The van der Waals surface area contributed by atoms with Crippen molar-refractivity contribution < 1.29 is 8.42 Å². The molecule has 0 aromatic heterocycles. The Kier molecular flexibility index (Phi) is 5.30. The normalized spacial score (nSPS) is 23.9. The summed E-state index contributed by atoms with van der Waals surface area (Å²) in [5, 5.41) is 0. The average molecular weight is 295 g/mol. The highest BCUT2D eigenvalue weighted by Crippen LogP contribution is 2.29. The van der Waals surface area contributed by atoms with E-state index < -0.39 is 10.2 Å². The summed E-state index contributed by atoms with van der Waals surface area (Å²) in [6, 6.07) is 0.192.